The van der Waals surface area contributed by atoms with Crippen LogP contribution in [-0.4, -0.2) is 26.3 Å². The highest BCUT2D eigenvalue weighted by Gasteiger charge is 2.10. The molecule has 0 aliphatic rings. The molecule has 0 amide bonds. The quantitative estimate of drug-likeness (QED) is 0.680. The molecule has 2 N–H and O–H groups in total. The number of aryl methyl sites for hydroxylation is 2. The van der Waals surface area contributed by atoms with Crippen LogP contribution >= 0.6 is 0 Å². The van der Waals surface area contributed by atoms with Gasteiger partial charge in [-0.1, -0.05) is 0 Å². The standard InChI is InChI=1S/C15H19N5O/c1-11-3-4-13(21-11)15-12(10-18-19-15)9-16-6-5-14-17-7-8-20(14)2/h3-4,7-8,10,16H,5-6,9H2,1-2H3,(H,18,19). The summed E-state index contributed by atoms with van der Waals surface area (Å²) in [6.45, 7) is 3.55. The number of hydrogen-bond donors (Lipinski definition) is 2. The Labute approximate surface area is 123 Å². The van der Waals surface area contributed by atoms with Crippen molar-refractivity contribution < 1.29 is 4.42 Å². The Morgan fingerprint density at radius 1 is 1.38 bits per heavy atom. The van der Waals surface area contributed by atoms with E-state index in [1.165, 1.54) is 0 Å². The van der Waals surface area contributed by atoms with Gasteiger partial charge in [0.05, 0.1) is 6.20 Å². The topological polar surface area (TPSA) is 71.7 Å². The largest absolute Gasteiger partial charge is 0.460 e. The van der Waals surface area contributed by atoms with Gasteiger partial charge in [0.25, 0.3) is 0 Å². The Bertz CT molecular complexity index is 709. The van der Waals surface area contributed by atoms with Crippen molar-refractivity contribution in [2.24, 2.45) is 7.05 Å². The van der Waals surface area contributed by atoms with Crippen LogP contribution in [-0.2, 0) is 20.0 Å². The van der Waals surface area contributed by atoms with E-state index in [4.69, 9.17) is 4.42 Å². The zero-order chi connectivity index (χ0) is 14.7. The first-order valence-electron chi connectivity index (χ1n) is 7.00. The van der Waals surface area contributed by atoms with Crippen molar-refractivity contribution in [2.75, 3.05) is 6.54 Å². The highest BCUT2D eigenvalue weighted by molar-refractivity contribution is 5.56. The molecule has 6 nitrogen and oxygen atoms in total. The van der Waals surface area contributed by atoms with Crippen LogP contribution in [0.25, 0.3) is 11.5 Å². The number of H-pyrrole nitrogens is 1. The SMILES string of the molecule is Cc1ccc(-c2[nH]ncc2CNCCc2nccn2C)o1. The molecule has 21 heavy (non-hydrogen) atoms. The molecule has 0 saturated carbocycles. The lowest BCUT2D eigenvalue weighted by Gasteiger charge is -2.05. The van der Waals surface area contributed by atoms with Crippen LogP contribution in [0.5, 0.6) is 0 Å². The molecule has 0 unspecified atom stereocenters. The molecule has 0 spiro atoms. The maximum Gasteiger partial charge on any atom is 0.152 e. The lowest BCUT2D eigenvalue weighted by atomic mass is 10.2. The summed E-state index contributed by atoms with van der Waals surface area (Å²) in [7, 11) is 2.01. The highest BCUT2D eigenvalue weighted by atomic mass is 16.3. The second-order valence-corrected chi connectivity index (χ2v) is 5.06. The molecule has 6 heteroatoms. The van der Waals surface area contributed by atoms with Crippen molar-refractivity contribution in [1.29, 1.82) is 0 Å². The van der Waals surface area contributed by atoms with E-state index in [0.717, 1.165) is 48.1 Å². The van der Waals surface area contributed by atoms with Gasteiger partial charge in [-0.15, -0.1) is 0 Å². The molecule has 0 fully saturated rings. The molecule has 0 aromatic carbocycles. The third-order valence-corrected chi connectivity index (χ3v) is 3.47. The van der Waals surface area contributed by atoms with E-state index in [1.807, 2.05) is 49.3 Å². The summed E-state index contributed by atoms with van der Waals surface area (Å²) in [6, 6.07) is 3.91. The van der Waals surface area contributed by atoms with Gasteiger partial charge in [-0.25, -0.2) is 4.98 Å². The molecule has 0 aliphatic carbocycles. The minimum Gasteiger partial charge on any atom is -0.460 e. The van der Waals surface area contributed by atoms with Crippen LogP contribution in [0.3, 0.4) is 0 Å². The Kier molecular flexibility index (Phi) is 3.87. The summed E-state index contributed by atoms with van der Waals surface area (Å²) in [5.41, 5.74) is 2.04. The first-order valence-corrected chi connectivity index (χ1v) is 7.00. The van der Waals surface area contributed by atoms with Gasteiger partial charge in [-0.3, -0.25) is 5.10 Å². The summed E-state index contributed by atoms with van der Waals surface area (Å²) < 4.78 is 7.68. The van der Waals surface area contributed by atoms with E-state index in [-0.39, 0.29) is 0 Å². The van der Waals surface area contributed by atoms with Gasteiger partial charge in [0.1, 0.15) is 17.3 Å². The second kappa shape index (κ2) is 5.97. The van der Waals surface area contributed by atoms with Crippen molar-refractivity contribution >= 4 is 0 Å². The average molecular weight is 285 g/mol. The normalized spacial score (nSPS) is 11.1. The summed E-state index contributed by atoms with van der Waals surface area (Å²) in [5.74, 6) is 2.80. The molecule has 3 heterocycles. The maximum atomic E-state index is 5.64. The van der Waals surface area contributed by atoms with Gasteiger partial charge in [0.2, 0.25) is 0 Å². The van der Waals surface area contributed by atoms with Gasteiger partial charge in [-0.2, -0.15) is 5.10 Å². The van der Waals surface area contributed by atoms with Crippen molar-refractivity contribution in [3.05, 3.63) is 47.9 Å². The number of nitrogens with one attached hydrogen (secondary N) is 2. The monoisotopic (exact) mass is 285 g/mol. The summed E-state index contributed by atoms with van der Waals surface area (Å²) >= 11 is 0. The third kappa shape index (κ3) is 3.05. The van der Waals surface area contributed by atoms with Crippen LogP contribution in [0.2, 0.25) is 0 Å². The first kappa shape index (κ1) is 13.6. The lowest BCUT2D eigenvalue weighted by Crippen LogP contribution is -2.18. The van der Waals surface area contributed by atoms with E-state index in [9.17, 15) is 0 Å². The smallest absolute Gasteiger partial charge is 0.152 e. The predicted octanol–water partition coefficient (Wildman–Crippen LogP) is 2.04. The second-order valence-electron chi connectivity index (χ2n) is 5.06. The Balaban J connectivity index is 1.57. The van der Waals surface area contributed by atoms with Gasteiger partial charge in [-0.05, 0) is 19.1 Å². The summed E-state index contributed by atoms with van der Waals surface area (Å²) in [4.78, 5) is 4.31. The molecule has 0 radical (unpaired) electrons. The van der Waals surface area contributed by atoms with Crippen molar-refractivity contribution in [3.63, 3.8) is 0 Å². The Morgan fingerprint density at radius 3 is 3.00 bits per heavy atom. The molecule has 0 saturated heterocycles. The van der Waals surface area contributed by atoms with E-state index >= 15 is 0 Å². The van der Waals surface area contributed by atoms with E-state index in [1.54, 1.807) is 0 Å². The first-order chi connectivity index (χ1) is 10.2. The molecule has 0 aliphatic heterocycles. The Hall–Kier alpha value is -2.34. The van der Waals surface area contributed by atoms with Crippen LogP contribution in [0, 0.1) is 6.92 Å². The van der Waals surface area contributed by atoms with E-state index < -0.39 is 0 Å². The zero-order valence-corrected chi connectivity index (χ0v) is 12.3. The van der Waals surface area contributed by atoms with Crippen LogP contribution in [0.15, 0.2) is 35.1 Å². The van der Waals surface area contributed by atoms with Crippen molar-refractivity contribution in [2.45, 2.75) is 19.9 Å². The number of nitrogens with zero attached hydrogens (tertiary/aromatic N) is 3. The van der Waals surface area contributed by atoms with Crippen LogP contribution < -0.4 is 5.32 Å². The fourth-order valence-electron chi connectivity index (χ4n) is 2.29. The Morgan fingerprint density at radius 2 is 2.29 bits per heavy atom. The predicted molar refractivity (Wildman–Crippen MR) is 79.6 cm³/mol. The number of imidazole rings is 1. The molecule has 110 valence electrons. The van der Waals surface area contributed by atoms with Crippen molar-refractivity contribution in [1.82, 2.24) is 25.1 Å². The fraction of sp³-hybridized carbons (Fsp3) is 0.333. The maximum absolute atomic E-state index is 5.64. The zero-order valence-electron chi connectivity index (χ0n) is 12.3. The molecular formula is C15H19N5O. The number of rotatable bonds is 6. The lowest BCUT2D eigenvalue weighted by molar-refractivity contribution is 0.545. The average Bonchev–Trinajstić information content (AvgIpc) is 3.17. The molecule has 3 aromatic rings. The minimum absolute atomic E-state index is 0.746. The van der Waals surface area contributed by atoms with Crippen LogP contribution in [0.1, 0.15) is 17.1 Å². The van der Waals surface area contributed by atoms with E-state index in [2.05, 4.69) is 20.5 Å². The summed E-state index contributed by atoms with van der Waals surface area (Å²) in [5, 5.41) is 10.5. The van der Waals surface area contributed by atoms with Gasteiger partial charge >= 0.3 is 0 Å². The van der Waals surface area contributed by atoms with Gasteiger partial charge in [0.15, 0.2) is 5.76 Å². The van der Waals surface area contributed by atoms with Gasteiger partial charge in [0, 0.05) is 44.5 Å². The van der Waals surface area contributed by atoms with Crippen LogP contribution in [0.4, 0.5) is 0 Å². The van der Waals surface area contributed by atoms with Gasteiger partial charge < -0.3 is 14.3 Å². The molecule has 0 atom stereocenters. The minimum atomic E-state index is 0.746. The summed E-state index contributed by atoms with van der Waals surface area (Å²) in [6.07, 6.45) is 6.52. The molecule has 3 rings (SSSR count). The number of aromatic nitrogens is 4. The number of furan rings is 1. The highest BCUT2D eigenvalue weighted by Crippen LogP contribution is 2.23. The fourth-order valence-corrected chi connectivity index (χ4v) is 2.29. The van der Waals surface area contributed by atoms with Crippen molar-refractivity contribution in [3.8, 4) is 11.5 Å². The third-order valence-electron chi connectivity index (χ3n) is 3.47. The molecule has 0 bridgehead atoms. The number of aromatic amines is 1. The number of hydrogen-bond acceptors (Lipinski definition) is 4. The molecular weight excluding hydrogens is 266 g/mol. The molecule has 3 aromatic heterocycles. The van der Waals surface area contributed by atoms with E-state index in [0.29, 0.717) is 0 Å².